The molecule has 1 aromatic heterocycles. The van der Waals surface area contributed by atoms with Crippen LogP contribution in [0.3, 0.4) is 0 Å². The molecular formula is C14H17F3N2O4. The summed E-state index contributed by atoms with van der Waals surface area (Å²) in [6.07, 6.45) is -2.80. The van der Waals surface area contributed by atoms with Crippen LogP contribution in [0.5, 0.6) is 0 Å². The first-order valence-corrected chi connectivity index (χ1v) is 7.52. The van der Waals surface area contributed by atoms with E-state index in [0.717, 1.165) is 0 Å². The number of alkyl halides is 3. The molecule has 23 heavy (non-hydrogen) atoms. The van der Waals surface area contributed by atoms with Gasteiger partial charge in [0, 0.05) is 5.92 Å². The molecule has 0 amide bonds. The van der Waals surface area contributed by atoms with Crippen molar-refractivity contribution in [3.8, 4) is 0 Å². The van der Waals surface area contributed by atoms with Crippen molar-refractivity contribution in [2.45, 2.75) is 43.8 Å². The van der Waals surface area contributed by atoms with Crippen molar-refractivity contribution in [3.05, 3.63) is 21.7 Å². The van der Waals surface area contributed by atoms with Crippen LogP contribution < -0.4 is 10.9 Å². The molecule has 2 aliphatic rings. The number of carbonyl (C=O) groups is 1. The highest BCUT2D eigenvalue weighted by Gasteiger charge is 2.45. The van der Waals surface area contributed by atoms with E-state index in [1.165, 1.54) is 0 Å². The van der Waals surface area contributed by atoms with Crippen LogP contribution in [0, 0.1) is 11.8 Å². The van der Waals surface area contributed by atoms with Gasteiger partial charge in [0.1, 0.15) is 6.04 Å². The van der Waals surface area contributed by atoms with Crippen LogP contribution in [-0.4, -0.2) is 28.8 Å². The number of aliphatic carboxylic acids is 1. The second-order valence-electron chi connectivity index (χ2n) is 6.34. The van der Waals surface area contributed by atoms with Gasteiger partial charge in [-0.05, 0) is 44.1 Å². The Morgan fingerprint density at radius 3 is 2.61 bits per heavy atom. The van der Waals surface area contributed by atoms with E-state index in [0.29, 0.717) is 32.2 Å². The fourth-order valence-corrected chi connectivity index (χ4v) is 3.86. The van der Waals surface area contributed by atoms with Crippen LogP contribution in [0.2, 0.25) is 0 Å². The van der Waals surface area contributed by atoms with E-state index in [1.54, 1.807) is 5.16 Å². The van der Waals surface area contributed by atoms with Crippen molar-refractivity contribution in [1.82, 2.24) is 10.5 Å². The number of nitrogens with one attached hydrogen (secondary N) is 2. The number of halogens is 3. The van der Waals surface area contributed by atoms with E-state index in [9.17, 15) is 22.8 Å². The van der Waals surface area contributed by atoms with Gasteiger partial charge in [-0.1, -0.05) is 0 Å². The molecule has 0 radical (unpaired) electrons. The number of hydrogen-bond acceptors (Lipinski definition) is 4. The summed E-state index contributed by atoms with van der Waals surface area (Å²) in [7, 11) is 0. The lowest BCUT2D eigenvalue weighted by Crippen LogP contribution is -2.49. The summed E-state index contributed by atoms with van der Waals surface area (Å²) in [6.45, 7) is 0.553. The minimum atomic E-state index is -4.76. The van der Waals surface area contributed by atoms with Gasteiger partial charge in [-0.15, -0.1) is 0 Å². The first kappa shape index (κ1) is 16.1. The quantitative estimate of drug-likeness (QED) is 0.768. The average Bonchev–Trinajstić information content (AvgIpc) is 2.88. The van der Waals surface area contributed by atoms with Gasteiger partial charge in [0.25, 0.3) is 5.56 Å². The molecule has 2 fully saturated rings. The molecule has 3 N–H and O–H groups in total. The number of rotatable bonds is 2. The summed E-state index contributed by atoms with van der Waals surface area (Å²) in [5.74, 6) is -1.54. The third-order valence-corrected chi connectivity index (χ3v) is 4.98. The SMILES string of the molecule is O=C(O)C1CC2CC(c3o[nH]c(=O)c3C(F)(F)F)CCC2CN1. The van der Waals surface area contributed by atoms with Gasteiger partial charge < -0.3 is 14.9 Å². The van der Waals surface area contributed by atoms with Crippen LogP contribution >= 0.6 is 0 Å². The Morgan fingerprint density at radius 1 is 1.22 bits per heavy atom. The molecule has 1 aliphatic heterocycles. The molecule has 6 nitrogen and oxygen atoms in total. The first-order chi connectivity index (χ1) is 10.8. The highest BCUT2D eigenvalue weighted by molar-refractivity contribution is 5.73. The Balaban J connectivity index is 1.81. The van der Waals surface area contributed by atoms with Crippen LogP contribution in [-0.2, 0) is 11.0 Å². The lowest BCUT2D eigenvalue weighted by atomic mass is 9.69. The predicted octanol–water partition coefficient (Wildman–Crippen LogP) is 1.93. The minimum absolute atomic E-state index is 0.0115. The van der Waals surface area contributed by atoms with Gasteiger partial charge in [0.15, 0.2) is 11.3 Å². The molecule has 4 unspecified atom stereocenters. The summed E-state index contributed by atoms with van der Waals surface area (Å²) in [5.41, 5.74) is -2.52. The van der Waals surface area contributed by atoms with Crippen molar-refractivity contribution < 1.29 is 27.6 Å². The molecule has 1 aliphatic carbocycles. The Kier molecular flexibility index (Phi) is 3.99. The van der Waals surface area contributed by atoms with Gasteiger partial charge in [0.05, 0.1) is 0 Å². The number of aromatic nitrogens is 1. The maximum absolute atomic E-state index is 13.0. The molecule has 3 rings (SSSR count). The maximum atomic E-state index is 13.0. The van der Waals surface area contributed by atoms with Gasteiger partial charge in [-0.2, -0.15) is 18.3 Å². The lowest BCUT2D eigenvalue weighted by Gasteiger charge is -2.41. The standard InChI is InChI=1S/C14H17F3N2O4/c15-14(16,17)10-11(23-19-12(10)20)6-1-2-7-5-18-9(13(21)22)4-8(7)3-6/h6-9,18H,1-5H2,(H,19,20)(H,21,22). The second-order valence-corrected chi connectivity index (χ2v) is 6.34. The largest absolute Gasteiger partial charge is 0.480 e. The first-order valence-electron chi connectivity index (χ1n) is 7.52. The number of aromatic amines is 1. The number of carboxylic acid groups (broad SMARTS) is 1. The van der Waals surface area contributed by atoms with Crippen molar-refractivity contribution in [1.29, 1.82) is 0 Å². The molecule has 0 aromatic carbocycles. The van der Waals surface area contributed by atoms with Crippen LogP contribution in [0.25, 0.3) is 0 Å². The minimum Gasteiger partial charge on any atom is -0.480 e. The normalized spacial score (nSPS) is 31.6. The molecule has 128 valence electrons. The Bertz CT molecular complexity index is 651. The Morgan fingerprint density at radius 2 is 1.96 bits per heavy atom. The van der Waals surface area contributed by atoms with Crippen LogP contribution in [0.1, 0.15) is 42.9 Å². The fraction of sp³-hybridized carbons (Fsp3) is 0.714. The van der Waals surface area contributed by atoms with Crippen molar-refractivity contribution >= 4 is 5.97 Å². The molecule has 2 heterocycles. The molecule has 1 aromatic rings. The summed E-state index contributed by atoms with van der Waals surface area (Å²) in [4.78, 5) is 22.5. The zero-order valence-electron chi connectivity index (χ0n) is 12.2. The zero-order valence-corrected chi connectivity index (χ0v) is 12.2. The molecule has 1 saturated heterocycles. The fourth-order valence-electron chi connectivity index (χ4n) is 3.86. The molecular weight excluding hydrogens is 317 g/mol. The lowest BCUT2D eigenvalue weighted by molar-refractivity contribution is -0.141. The third-order valence-electron chi connectivity index (χ3n) is 4.98. The number of hydrogen-bond donors (Lipinski definition) is 3. The van der Waals surface area contributed by atoms with Gasteiger partial charge in [-0.25, -0.2) is 0 Å². The van der Waals surface area contributed by atoms with E-state index in [1.807, 2.05) is 0 Å². The third kappa shape index (κ3) is 3.01. The summed E-state index contributed by atoms with van der Waals surface area (Å²) in [5, 5.41) is 13.8. The van der Waals surface area contributed by atoms with E-state index < -0.39 is 35.2 Å². The summed E-state index contributed by atoms with van der Waals surface area (Å²) in [6, 6.07) is -0.671. The Labute approximate surface area is 129 Å². The number of fused-ring (bicyclic) bond motifs is 1. The molecule has 0 bridgehead atoms. The highest BCUT2D eigenvalue weighted by atomic mass is 19.4. The molecule has 1 saturated carbocycles. The second kappa shape index (κ2) is 5.70. The molecule has 4 atom stereocenters. The van der Waals surface area contributed by atoms with E-state index in [2.05, 4.69) is 5.32 Å². The Hall–Kier alpha value is -1.77. The van der Waals surface area contributed by atoms with Crippen molar-refractivity contribution in [2.75, 3.05) is 6.54 Å². The maximum Gasteiger partial charge on any atom is 0.425 e. The number of H-pyrrole nitrogens is 1. The van der Waals surface area contributed by atoms with E-state index in [4.69, 9.17) is 9.63 Å². The zero-order chi connectivity index (χ0) is 16.8. The van der Waals surface area contributed by atoms with E-state index in [-0.39, 0.29) is 17.6 Å². The van der Waals surface area contributed by atoms with Crippen molar-refractivity contribution in [3.63, 3.8) is 0 Å². The number of carboxylic acids is 1. The van der Waals surface area contributed by atoms with Gasteiger partial charge in [-0.3, -0.25) is 9.59 Å². The van der Waals surface area contributed by atoms with Crippen molar-refractivity contribution in [2.24, 2.45) is 11.8 Å². The summed E-state index contributed by atoms with van der Waals surface area (Å²) < 4.78 is 43.9. The molecule has 9 heteroatoms. The number of piperidine rings is 1. The topological polar surface area (TPSA) is 95.3 Å². The van der Waals surface area contributed by atoms with E-state index >= 15 is 0 Å². The average molecular weight is 334 g/mol. The monoisotopic (exact) mass is 334 g/mol. The molecule has 0 spiro atoms. The smallest absolute Gasteiger partial charge is 0.425 e. The van der Waals surface area contributed by atoms with Gasteiger partial charge >= 0.3 is 12.1 Å². The summed E-state index contributed by atoms with van der Waals surface area (Å²) >= 11 is 0. The highest BCUT2D eigenvalue weighted by Crippen LogP contribution is 2.45. The van der Waals surface area contributed by atoms with Gasteiger partial charge in [0.2, 0.25) is 0 Å². The van der Waals surface area contributed by atoms with Crippen LogP contribution in [0.15, 0.2) is 9.32 Å². The van der Waals surface area contributed by atoms with Crippen LogP contribution in [0.4, 0.5) is 13.2 Å². The predicted molar refractivity (Wildman–Crippen MR) is 71.9 cm³/mol.